The fourth-order valence-electron chi connectivity index (χ4n) is 3.05. The van der Waals surface area contributed by atoms with E-state index in [4.69, 9.17) is 17.3 Å². The summed E-state index contributed by atoms with van der Waals surface area (Å²) in [6, 6.07) is 5.65. The number of nitrogens with one attached hydrogen (secondary N) is 1. The molecule has 0 radical (unpaired) electrons. The van der Waals surface area contributed by atoms with Gasteiger partial charge in [0.05, 0.1) is 10.8 Å². The summed E-state index contributed by atoms with van der Waals surface area (Å²) in [4.78, 5) is 0. The SMILES string of the molecule is Cc1ccc(NC2(CN)CCCC2S(C)(=O)=O)cc1Cl. The maximum absolute atomic E-state index is 12.0. The molecule has 20 heavy (non-hydrogen) atoms. The molecule has 2 atom stereocenters. The van der Waals surface area contributed by atoms with Crippen molar-refractivity contribution in [3.05, 3.63) is 28.8 Å². The van der Waals surface area contributed by atoms with E-state index in [9.17, 15) is 8.42 Å². The van der Waals surface area contributed by atoms with Crippen LogP contribution in [0.4, 0.5) is 5.69 Å². The van der Waals surface area contributed by atoms with Gasteiger partial charge in [0.25, 0.3) is 0 Å². The predicted octanol–water partition coefficient (Wildman–Crippen LogP) is 2.35. The lowest BCUT2D eigenvalue weighted by molar-refractivity contribution is 0.479. The highest BCUT2D eigenvalue weighted by atomic mass is 35.5. The summed E-state index contributed by atoms with van der Waals surface area (Å²) in [7, 11) is -3.14. The van der Waals surface area contributed by atoms with Gasteiger partial charge in [-0.25, -0.2) is 8.42 Å². The first-order valence-electron chi connectivity index (χ1n) is 6.72. The fraction of sp³-hybridized carbons (Fsp3) is 0.571. The van der Waals surface area contributed by atoms with Gasteiger partial charge in [-0.1, -0.05) is 17.7 Å². The lowest BCUT2D eigenvalue weighted by Gasteiger charge is -2.35. The molecule has 0 amide bonds. The van der Waals surface area contributed by atoms with Gasteiger partial charge in [0.15, 0.2) is 9.84 Å². The van der Waals surface area contributed by atoms with Crippen LogP contribution in [-0.4, -0.2) is 32.0 Å². The standard InChI is InChI=1S/C14H21ClN2O2S/c1-10-5-6-11(8-12(10)15)17-14(9-16)7-3-4-13(14)20(2,18)19/h5-6,8,13,17H,3-4,7,9,16H2,1-2H3. The number of anilines is 1. The van der Waals surface area contributed by atoms with Crippen LogP contribution in [0.3, 0.4) is 0 Å². The zero-order valence-corrected chi connectivity index (χ0v) is 13.4. The average Bonchev–Trinajstić information content (AvgIpc) is 2.78. The molecule has 2 unspecified atom stereocenters. The Balaban J connectivity index is 2.34. The van der Waals surface area contributed by atoms with E-state index < -0.39 is 20.6 Å². The van der Waals surface area contributed by atoms with Crippen molar-refractivity contribution in [2.45, 2.75) is 37.0 Å². The molecular weight excluding hydrogens is 296 g/mol. The second kappa shape index (κ2) is 5.54. The first kappa shape index (κ1) is 15.6. The monoisotopic (exact) mass is 316 g/mol. The smallest absolute Gasteiger partial charge is 0.152 e. The zero-order valence-electron chi connectivity index (χ0n) is 11.8. The predicted molar refractivity (Wildman–Crippen MR) is 84.1 cm³/mol. The number of aryl methyl sites for hydroxylation is 1. The molecule has 3 N–H and O–H groups in total. The highest BCUT2D eigenvalue weighted by Crippen LogP contribution is 2.37. The Hall–Kier alpha value is -0.780. The van der Waals surface area contributed by atoms with Crippen LogP contribution in [-0.2, 0) is 9.84 Å². The Bertz CT molecular complexity index is 603. The second-order valence-corrected chi connectivity index (χ2v) is 8.29. The third-order valence-corrected chi connectivity index (χ3v) is 6.28. The van der Waals surface area contributed by atoms with Gasteiger partial charge in [-0.15, -0.1) is 0 Å². The molecular formula is C14H21ClN2O2S. The normalized spacial score (nSPS) is 26.7. The maximum atomic E-state index is 12.0. The van der Waals surface area contributed by atoms with E-state index in [2.05, 4.69) is 5.32 Å². The molecule has 0 aromatic heterocycles. The first-order valence-corrected chi connectivity index (χ1v) is 9.05. The Morgan fingerprint density at radius 2 is 2.20 bits per heavy atom. The van der Waals surface area contributed by atoms with Crippen molar-refractivity contribution >= 4 is 27.1 Å². The lowest BCUT2D eigenvalue weighted by atomic mass is 9.96. The van der Waals surface area contributed by atoms with Gasteiger partial charge in [-0.05, 0) is 43.9 Å². The van der Waals surface area contributed by atoms with Crippen LogP contribution in [0.15, 0.2) is 18.2 Å². The minimum absolute atomic E-state index is 0.288. The van der Waals surface area contributed by atoms with Crippen LogP contribution in [0.25, 0.3) is 0 Å². The van der Waals surface area contributed by atoms with Gasteiger partial charge in [0, 0.05) is 23.5 Å². The molecule has 4 nitrogen and oxygen atoms in total. The quantitative estimate of drug-likeness (QED) is 0.894. The van der Waals surface area contributed by atoms with Crippen molar-refractivity contribution in [3.63, 3.8) is 0 Å². The summed E-state index contributed by atoms with van der Waals surface area (Å²) in [5.41, 5.74) is 7.13. The molecule has 6 heteroatoms. The summed E-state index contributed by atoms with van der Waals surface area (Å²) in [5, 5.41) is 3.56. The third-order valence-electron chi connectivity index (χ3n) is 4.15. The molecule has 1 aromatic rings. The molecule has 1 aliphatic rings. The van der Waals surface area contributed by atoms with Gasteiger partial charge in [0.1, 0.15) is 0 Å². The summed E-state index contributed by atoms with van der Waals surface area (Å²) < 4.78 is 24.0. The Morgan fingerprint density at radius 1 is 1.50 bits per heavy atom. The highest BCUT2D eigenvalue weighted by molar-refractivity contribution is 7.91. The number of hydrogen-bond acceptors (Lipinski definition) is 4. The molecule has 0 aliphatic heterocycles. The third kappa shape index (κ3) is 2.95. The van der Waals surface area contributed by atoms with Gasteiger partial charge < -0.3 is 11.1 Å². The number of halogens is 1. The van der Waals surface area contributed by atoms with Crippen LogP contribution >= 0.6 is 11.6 Å². The zero-order chi connectivity index (χ0) is 15.0. The van der Waals surface area contributed by atoms with Crippen molar-refractivity contribution in [2.24, 2.45) is 5.73 Å². The fourth-order valence-corrected chi connectivity index (χ4v) is 4.92. The molecule has 1 fully saturated rings. The molecule has 2 rings (SSSR count). The lowest BCUT2D eigenvalue weighted by Crippen LogP contribution is -2.54. The van der Waals surface area contributed by atoms with E-state index in [0.717, 1.165) is 24.1 Å². The van der Waals surface area contributed by atoms with E-state index in [1.807, 2.05) is 25.1 Å². The van der Waals surface area contributed by atoms with Gasteiger partial charge in [0.2, 0.25) is 0 Å². The Kier molecular flexibility index (Phi) is 4.33. The molecule has 1 saturated carbocycles. The highest BCUT2D eigenvalue weighted by Gasteiger charge is 2.47. The minimum atomic E-state index is -3.14. The van der Waals surface area contributed by atoms with E-state index in [1.54, 1.807) is 0 Å². The van der Waals surface area contributed by atoms with Crippen LogP contribution < -0.4 is 11.1 Å². The van der Waals surface area contributed by atoms with Gasteiger partial charge >= 0.3 is 0 Å². The number of sulfone groups is 1. The van der Waals surface area contributed by atoms with Crippen LogP contribution in [0.5, 0.6) is 0 Å². The van der Waals surface area contributed by atoms with E-state index in [-0.39, 0.29) is 6.54 Å². The van der Waals surface area contributed by atoms with E-state index >= 15 is 0 Å². The van der Waals surface area contributed by atoms with E-state index in [0.29, 0.717) is 11.4 Å². The summed E-state index contributed by atoms with van der Waals surface area (Å²) in [6.07, 6.45) is 3.56. The molecule has 1 aliphatic carbocycles. The maximum Gasteiger partial charge on any atom is 0.152 e. The number of benzene rings is 1. The van der Waals surface area contributed by atoms with Gasteiger partial charge in [-0.2, -0.15) is 0 Å². The van der Waals surface area contributed by atoms with Gasteiger partial charge in [-0.3, -0.25) is 0 Å². The topological polar surface area (TPSA) is 72.2 Å². The summed E-state index contributed by atoms with van der Waals surface area (Å²) >= 11 is 6.12. The molecule has 0 saturated heterocycles. The average molecular weight is 317 g/mol. The Morgan fingerprint density at radius 3 is 2.75 bits per heavy atom. The first-order chi connectivity index (χ1) is 9.28. The van der Waals surface area contributed by atoms with Crippen LogP contribution in [0.2, 0.25) is 5.02 Å². The van der Waals surface area contributed by atoms with Crippen molar-refractivity contribution in [1.29, 1.82) is 0 Å². The molecule has 112 valence electrons. The number of rotatable bonds is 4. The summed E-state index contributed by atoms with van der Waals surface area (Å²) in [5.74, 6) is 0. The second-order valence-electron chi connectivity index (χ2n) is 5.66. The number of nitrogens with two attached hydrogens (primary N) is 1. The molecule has 1 aromatic carbocycles. The van der Waals surface area contributed by atoms with Crippen LogP contribution in [0, 0.1) is 6.92 Å². The van der Waals surface area contributed by atoms with Crippen molar-refractivity contribution in [1.82, 2.24) is 0 Å². The minimum Gasteiger partial charge on any atom is -0.377 e. The Labute approximate surface area is 125 Å². The van der Waals surface area contributed by atoms with E-state index in [1.165, 1.54) is 6.26 Å². The van der Waals surface area contributed by atoms with Crippen molar-refractivity contribution in [3.8, 4) is 0 Å². The summed E-state index contributed by atoms with van der Waals surface area (Å²) in [6.45, 7) is 2.22. The van der Waals surface area contributed by atoms with Crippen molar-refractivity contribution < 1.29 is 8.42 Å². The largest absolute Gasteiger partial charge is 0.377 e. The van der Waals surface area contributed by atoms with Crippen molar-refractivity contribution in [2.75, 3.05) is 18.1 Å². The molecule has 0 heterocycles. The molecule has 0 bridgehead atoms. The van der Waals surface area contributed by atoms with Crippen LogP contribution in [0.1, 0.15) is 24.8 Å². The molecule has 0 spiro atoms. The number of hydrogen-bond donors (Lipinski definition) is 2.